The molecule has 1 atom stereocenters. The van der Waals surface area contributed by atoms with Gasteiger partial charge in [-0.05, 0) is 12.1 Å². The van der Waals surface area contributed by atoms with Crippen LogP contribution in [-0.4, -0.2) is 34.8 Å². The smallest absolute Gasteiger partial charge is 0.251 e. The molecule has 0 bridgehead atoms. The number of nitrogens with one attached hydrogen (secondary N) is 1. The summed E-state index contributed by atoms with van der Waals surface area (Å²) < 4.78 is 0. The minimum atomic E-state index is -0.538. The minimum absolute atomic E-state index is 0.156. The van der Waals surface area contributed by atoms with Gasteiger partial charge in [0.15, 0.2) is 0 Å². The highest BCUT2D eigenvalue weighted by atomic mass is 16.2. The first-order valence-corrected chi connectivity index (χ1v) is 4.87. The fraction of sp³-hybridized carbons (Fsp3) is 0.300. The summed E-state index contributed by atoms with van der Waals surface area (Å²) >= 11 is 0. The third kappa shape index (κ3) is 1.69. The molecule has 0 aromatic carbocycles. The van der Waals surface area contributed by atoms with Crippen LogP contribution in [0, 0.1) is 0 Å². The molecule has 0 radical (unpaired) electrons. The fourth-order valence-corrected chi connectivity index (χ4v) is 1.60. The van der Waals surface area contributed by atoms with E-state index in [4.69, 9.17) is 5.73 Å². The van der Waals surface area contributed by atoms with Gasteiger partial charge in [0.05, 0.1) is 12.1 Å². The SMILES string of the molecule is CN1C(=O)CC(Nc2cccnc2N)C1=O. The highest BCUT2D eigenvalue weighted by Gasteiger charge is 2.36. The summed E-state index contributed by atoms with van der Waals surface area (Å²) in [5.74, 6) is -0.115. The molecule has 2 rings (SSSR count). The van der Waals surface area contributed by atoms with Gasteiger partial charge in [0.2, 0.25) is 5.91 Å². The third-order valence-electron chi connectivity index (χ3n) is 2.55. The predicted octanol–water partition coefficient (Wildman–Crippen LogP) is -0.167. The summed E-state index contributed by atoms with van der Waals surface area (Å²) in [5.41, 5.74) is 6.20. The topological polar surface area (TPSA) is 88.3 Å². The number of imide groups is 1. The van der Waals surface area contributed by atoms with Gasteiger partial charge in [-0.15, -0.1) is 0 Å². The van der Waals surface area contributed by atoms with E-state index in [2.05, 4.69) is 10.3 Å². The number of nitrogen functional groups attached to an aromatic ring is 1. The summed E-state index contributed by atoms with van der Waals surface area (Å²) in [6.45, 7) is 0. The maximum atomic E-state index is 11.6. The summed E-state index contributed by atoms with van der Waals surface area (Å²) in [4.78, 5) is 27.9. The number of carbonyl (C=O) groups excluding carboxylic acids is 2. The molecule has 1 aliphatic heterocycles. The molecule has 2 heterocycles. The van der Waals surface area contributed by atoms with Gasteiger partial charge in [-0.25, -0.2) is 4.98 Å². The van der Waals surface area contributed by atoms with Gasteiger partial charge in [0.25, 0.3) is 5.91 Å². The van der Waals surface area contributed by atoms with Crippen LogP contribution in [0.5, 0.6) is 0 Å². The number of pyridine rings is 1. The molecule has 3 N–H and O–H groups in total. The van der Waals surface area contributed by atoms with Crippen LogP contribution >= 0.6 is 0 Å². The first kappa shape index (κ1) is 10.4. The molecule has 1 aliphatic rings. The van der Waals surface area contributed by atoms with Gasteiger partial charge in [-0.2, -0.15) is 0 Å². The van der Waals surface area contributed by atoms with Crippen molar-refractivity contribution in [1.29, 1.82) is 0 Å². The molecule has 6 nitrogen and oxygen atoms in total. The molecule has 6 heteroatoms. The van der Waals surface area contributed by atoms with Crippen LogP contribution in [0.15, 0.2) is 18.3 Å². The number of anilines is 2. The standard InChI is InChI=1S/C10H12N4O2/c1-14-8(15)5-7(10(14)16)13-6-3-2-4-12-9(6)11/h2-4,7,13H,5H2,1H3,(H2,11,12). The monoisotopic (exact) mass is 220 g/mol. The minimum Gasteiger partial charge on any atom is -0.382 e. The van der Waals surface area contributed by atoms with E-state index in [0.29, 0.717) is 11.5 Å². The lowest BCUT2D eigenvalue weighted by Crippen LogP contribution is -2.32. The number of likely N-dealkylation sites (N-methyl/N-ethyl adjacent to an activating group) is 1. The molecule has 1 saturated heterocycles. The van der Waals surface area contributed by atoms with E-state index in [1.165, 1.54) is 7.05 Å². The molecule has 1 fully saturated rings. The van der Waals surface area contributed by atoms with Crippen LogP contribution in [-0.2, 0) is 9.59 Å². The Morgan fingerprint density at radius 3 is 2.88 bits per heavy atom. The first-order chi connectivity index (χ1) is 7.59. The van der Waals surface area contributed by atoms with Gasteiger partial charge in [-0.3, -0.25) is 14.5 Å². The molecule has 1 aromatic heterocycles. The summed E-state index contributed by atoms with van der Waals surface area (Å²) in [7, 11) is 1.47. The van der Waals surface area contributed by atoms with Crippen molar-refractivity contribution >= 4 is 23.3 Å². The Labute approximate surface area is 92.4 Å². The number of carbonyl (C=O) groups is 2. The first-order valence-electron chi connectivity index (χ1n) is 4.87. The predicted molar refractivity (Wildman–Crippen MR) is 58.5 cm³/mol. The van der Waals surface area contributed by atoms with E-state index in [9.17, 15) is 9.59 Å². The molecule has 0 spiro atoms. The number of aromatic nitrogens is 1. The van der Waals surface area contributed by atoms with Gasteiger partial charge >= 0.3 is 0 Å². The maximum absolute atomic E-state index is 11.6. The van der Waals surface area contributed by atoms with Crippen molar-refractivity contribution in [3.63, 3.8) is 0 Å². The van der Waals surface area contributed by atoms with Gasteiger partial charge in [0, 0.05) is 13.2 Å². The Bertz CT molecular complexity index is 446. The van der Waals surface area contributed by atoms with Crippen molar-refractivity contribution in [3.05, 3.63) is 18.3 Å². The summed E-state index contributed by atoms with van der Waals surface area (Å²) in [6.07, 6.45) is 1.72. The van der Waals surface area contributed by atoms with Crippen LogP contribution in [0.4, 0.5) is 11.5 Å². The second-order valence-electron chi connectivity index (χ2n) is 3.63. The Kier molecular flexibility index (Phi) is 2.47. The van der Waals surface area contributed by atoms with Crippen molar-refractivity contribution in [2.75, 3.05) is 18.1 Å². The molecular formula is C10H12N4O2. The Morgan fingerprint density at radius 1 is 1.56 bits per heavy atom. The molecule has 84 valence electrons. The lowest BCUT2D eigenvalue weighted by atomic mass is 10.2. The normalized spacial score (nSPS) is 20.3. The zero-order valence-electron chi connectivity index (χ0n) is 8.80. The highest BCUT2D eigenvalue weighted by Crippen LogP contribution is 2.20. The molecule has 16 heavy (non-hydrogen) atoms. The molecule has 0 saturated carbocycles. The molecule has 2 amide bonds. The van der Waals surface area contributed by atoms with E-state index >= 15 is 0 Å². The van der Waals surface area contributed by atoms with Gasteiger partial charge in [0.1, 0.15) is 11.9 Å². The second kappa shape index (κ2) is 3.80. The number of rotatable bonds is 2. The lowest BCUT2D eigenvalue weighted by molar-refractivity contribution is -0.136. The van der Waals surface area contributed by atoms with Crippen molar-refractivity contribution in [3.8, 4) is 0 Å². The van der Waals surface area contributed by atoms with Crippen molar-refractivity contribution in [1.82, 2.24) is 9.88 Å². The van der Waals surface area contributed by atoms with Crippen molar-refractivity contribution < 1.29 is 9.59 Å². The number of hydrogen-bond donors (Lipinski definition) is 2. The quantitative estimate of drug-likeness (QED) is 0.676. The van der Waals surface area contributed by atoms with E-state index in [1.54, 1.807) is 18.3 Å². The lowest BCUT2D eigenvalue weighted by Gasteiger charge is -2.13. The third-order valence-corrected chi connectivity index (χ3v) is 2.55. The zero-order chi connectivity index (χ0) is 11.7. The van der Waals surface area contributed by atoms with Crippen LogP contribution in [0.1, 0.15) is 6.42 Å². The van der Waals surface area contributed by atoms with E-state index in [1.807, 2.05) is 0 Å². The maximum Gasteiger partial charge on any atom is 0.251 e. The van der Waals surface area contributed by atoms with Gasteiger partial charge < -0.3 is 11.1 Å². The average molecular weight is 220 g/mol. The Balaban J connectivity index is 2.15. The molecule has 1 unspecified atom stereocenters. The van der Waals surface area contributed by atoms with E-state index < -0.39 is 6.04 Å². The second-order valence-corrected chi connectivity index (χ2v) is 3.63. The number of likely N-dealkylation sites (tertiary alicyclic amines) is 1. The number of amides is 2. The Morgan fingerprint density at radius 2 is 2.31 bits per heavy atom. The van der Waals surface area contributed by atoms with Gasteiger partial charge in [-0.1, -0.05) is 0 Å². The Hall–Kier alpha value is -2.11. The average Bonchev–Trinajstić information content (AvgIpc) is 2.50. The van der Waals surface area contributed by atoms with Crippen LogP contribution in [0.25, 0.3) is 0 Å². The van der Waals surface area contributed by atoms with E-state index in [-0.39, 0.29) is 18.2 Å². The number of hydrogen-bond acceptors (Lipinski definition) is 5. The highest BCUT2D eigenvalue weighted by molar-refractivity contribution is 6.06. The number of nitrogens with zero attached hydrogens (tertiary/aromatic N) is 2. The summed E-state index contributed by atoms with van der Waals surface area (Å²) in [6, 6.07) is 2.89. The molecule has 0 aliphatic carbocycles. The molecule has 1 aromatic rings. The fourth-order valence-electron chi connectivity index (χ4n) is 1.60. The zero-order valence-corrected chi connectivity index (χ0v) is 8.80. The van der Waals surface area contributed by atoms with E-state index in [0.717, 1.165) is 4.90 Å². The van der Waals surface area contributed by atoms with Crippen LogP contribution in [0.3, 0.4) is 0 Å². The van der Waals surface area contributed by atoms with Crippen molar-refractivity contribution in [2.24, 2.45) is 0 Å². The van der Waals surface area contributed by atoms with Crippen LogP contribution in [0.2, 0.25) is 0 Å². The van der Waals surface area contributed by atoms with Crippen molar-refractivity contribution in [2.45, 2.75) is 12.5 Å². The largest absolute Gasteiger partial charge is 0.382 e. The summed E-state index contributed by atoms with van der Waals surface area (Å²) in [5, 5.41) is 2.92. The molecular weight excluding hydrogens is 208 g/mol. The number of nitrogens with two attached hydrogens (primary N) is 1. The van der Waals surface area contributed by atoms with Crippen LogP contribution < -0.4 is 11.1 Å².